The zero-order valence-electron chi connectivity index (χ0n) is 14.9. The lowest BCUT2D eigenvalue weighted by Gasteiger charge is -2.37. The Kier molecular flexibility index (Phi) is 7.02. The molecule has 0 radical (unpaired) electrons. The minimum absolute atomic E-state index is 0.0400. The zero-order chi connectivity index (χ0) is 18.4. The van der Waals surface area contributed by atoms with Gasteiger partial charge in [0.25, 0.3) is 5.91 Å². The molecule has 132 valence electrons. The molecule has 1 rings (SSSR count). The van der Waals surface area contributed by atoms with E-state index in [1.165, 1.54) is 11.9 Å². The summed E-state index contributed by atoms with van der Waals surface area (Å²) in [7, 11) is 0. The Balaban J connectivity index is 2.63. The van der Waals surface area contributed by atoms with Crippen LogP contribution in [0.2, 0.25) is 0 Å². The van der Waals surface area contributed by atoms with Crippen molar-refractivity contribution in [1.29, 1.82) is 0 Å². The molecule has 0 bridgehead atoms. The van der Waals surface area contributed by atoms with Gasteiger partial charge in [-0.3, -0.25) is 14.3 Å². The van der Waals surface area contributed by atoms with Gasteiger partial charge in [0.2, 0.25) is 5.91 Å². The molecule has 0 saturated heterocycles. The van der Waals surface area contributed by atoms with Crippen LogP contribution in [0.1, 0.15) is 51.4 Å². The molecular formula is C18H26N2O3S. The Morgan fingerprint density at radius 1 is 1.12 bits per heavy atom. The van der Waals surface area contributed by atoms with Crippen LogP contribution in [-0.4, -0.2) is 24.6 Å². The minimum atomic E-state index is -0.530. The second-order valence-electron chi connectivity index (χ2n) is 6.91. The molecule has 2 N–H and O–H groups in total. The van der Waals surface area contributed by atoms with Crippen molar-refractivity contribution in [3.8, 4) is 0 Å². The van der Waals surface area contributed by atoms with Crippen molar-refractivity contribution in [2.75, 3.05) is 6.54 Å². The third-order valence-electron chi connectivity index (χ3n) is 4.45. The van der Waals surface area contributed by atoms with E-state index in [9.17, 15) is 14.4 Å². The monoisotopic (exact) mass is 350 g/mol. The first-order chi connectivity index (χ1) is 11.1. The van der Waals surface area contributed by atoms with Crippen molar-refractivity contribution in [2.45, 2.75) is 45.9 Å². The van der Waals surface area contributed by atoms with Crippen LogP contribution in [0.25, 0.3) is 0 Å². The van der Waals surface area contributed by atoms with E-state index >= 15 is 0 Å². The van der Waals surface area contributed by atoms with Crippen LogP contribution in [0.5, 0.6) is 0 Å². The second kappa shape index (κ2) is 8.33. The molecule has 0 aliphatic heterocycles. The third-order valence-corrected chi connectivity index (χ3v) is 5.29. The molecule has 6 heteroatoms. The maximum atomic E-state index is 12.3. The van der Waals surface area contributed by atoms with Gasteiger partial charge in [-0.15, -0.1) is 0 Å². The smallest absolute Gasteiger partial charge is 0.251 e. The molecule has 0 aliphatic rings. The maximum Gasteiger partial charge on any atom is 0.251 e. The Bertz CT molecular complexity index is 595. The first kappa shape index (κ1) is 20.2. The van der Waals surface area contributed by atoms with Crippen molar-refractivity contribution in [3.63, 3.8) is 0 Å². The van der Waals surface area contributed by atoms with E-state index in [1.807, 2.05) is 27.7 Å². The molecule has 0 atom stereocenters. The second-order valence-corrected chi connectivity index (χ2v) is 7.79. The largest absolute Gasteiger partial charge is 0.351 e. The van der Waals surface area contributed by atoms with E-state index in [2.05, 4.69) is 10.0 Å². The van der Waals surface area contributed by atoms with Gasteiger partial charge in [-0.25, -0.2) is 0 Å². The Hall–Kier alpha value is -1.82. The number of hydrogen-bond acceptors (Lipinski definition) is 4. The van der Waals surface area contributed by atoms with Crippen LogP contribution in [-0.2, 0) is 9.59 Å². The summed E-state index contributed by atoms with van der Waals surface area (Å²) in [6, 6.07) is 7.01. The number of hydrogen-bond donors (Lipinski definition) is 2. The van der Waals surface area contributed by atoms with E-state index in [-0.39, 0.29) is 17.2 Å². The highest BCUT2D eigenvalue weighted by atomic mass is 32.2. The summed E-state index contributed by atoms with van der Waals surface area (Å²) in [5.74, 6) is -0.222. The SMILES string of the molecule is CCC(=O)NSc1ccc(C(=O)NCC(C)(C)C(C)(C)C=O)cc1. The van der Waals surface area contributed by atoms with Crippen molar-refractivity contribution in [1.82, 2.24) is 10.0 Å². The quantitative estimate of drug-likeness (QED) is 0.558. The summed E-state index contributed by atoms with van der Waals surface area (Å²) in [5, 5.41) is 2.88. The highest BCUT2D eigenvalue weighted by molar-refractivity contribution is 7.98. The third kappa shape index (κ3) is 5.37. The van der Waals surface area contributed by atoms with Crippen LogP contribution in [0.4, 0.5) is 0 Å². The fourth-order valence-electron chi connectivity index (χ4n) is 1.65. The fourth-order valence-corrected chi connectivity index (χ4v) is 2.30. The molecule has 0 spiro atoms. The van der Waals surface area contributed by atoms with E-state index in [1.54, 1.807) is 31.2 Å². The van der Waals surface area contributed by atoms with Crippen molar-refractivity contribution >= 4 is 30.0 Å². The first-order valence-electron chi connectivity index (χ1n) is 7.93. The fraction of sp³-hybridized carbons (Fsp3) is 0.500. The van der Waals surface area contributed by atoms with Gasteiger partial charge < -0.3 is 10.1 Å². The van der Waals surface area contributed by atoms with Crippen molar-refractivity contribution in [2.24, 2.45) is 10.8 Å². The van der Waals surface area contributed by atoms with Gasteiger partial charge in [0.15, 0.2) is 0 Å². The van der Waals surface area contributed by atoms with Gasteiger partial charge in [-0.2, -0.15) is 0 Å². The van der Waals surface area contributed by atoms with Crippen LogP contribution < -0.4 is 10.0 Å². The molecule has 0 aromatic heterocycles. The number of carbonyl (C=O) groups is 3. The number of rotatable bonds is 8. The number of carbonyl (C=O) groups excluding carboxylic acids is 3. The molecule has 0 saturated carbocycles. The molecule has 1 aromatic carbocycles. The topological polar surface area (TPSA) is 75.3 Å². The molecule has 0 aliphatic carbocycles. The van der Waals surface area contributed by atoms with Gasteiger partial charge in [0.1, 0.15) is 6.29 Å². The number of nitrogens with one attached hydrogen (secondary N) is 2. The van der Waals surface area contributed by atoms with E-state index < -0.39 is 5.41 Å². The van der Waals surface area contributed by atoms with Crippen LogP contribution in [0.15, 0.2) is 29.2 Å². The van der Waals surface area contributed by atoms with Crippen molar-refractivity contribution < 1.29 is 14.4 Å². The Morgan fingerprint density at radius 3 is 2.21 bits per heavy atom. The maximum absolute atomic E-state index is 12.3. The summed E-state index contributed by atoms with van der Waals surface area (Å²) in [4.78, 5) is 35.5. The standard InChI is InChI=1S/C18H26N2O3S/c1-6-15(22)20-24-14-9-7-13(8-10-14)16(23)19-11-17(2,3)18(4,5)12-21/h7-10,12H,6,11H2,1-5H3,(H,19,23)(H,20,22). The van der Waals surface area contributed by atoms with Gasteiger partial charge in [-0.1, -0.05) is 34.6 Å². The number of amides is 2. The van der Waals surface area contributed by atoms with Crippen LogP contribution >= 0.6 is 11.9 Å². The predicted molar refractivity (Wildman–Crippen MR) is 96.7 cm³/mol. The molecular weight excluding hydrogens is 324 g/mol. The lowest BCUT2D eigenvalue weighted by Crippen LogP contribution is -2.43. The molecule has 24 heavy (non-hydrogen) atoms. The van der Waals surface area contributed by atoms with Gasteiger partial charge in [-0.05, 0) is 41.6 Å². The molecule has 2 amide bonds. The normalized spacial score (nSPS) is 11.7. The molecule has 5 nitrogen and oxygen atoms in total. The minimum Gasteiger partial charge on any atom is -0.351 e. The molecule has 0 heterocycles. The van der Waals surface area contributed by atoms with Gasteiger partial charge in [0, 0.05) is 28.8 Å². The first-order valence-corrected chi connectivity index (χ1v) is 8.75. The van der Waals surface area contributed by atoms with Gasteiger partial charge in [0.05, 0.1) is 0 Å². The van der Waals surface area contributed by atoms with Crippen molar-refractivity contribution in [3.05, 3.63) is 29.8 Å². The van der Waals surface area contributed by atoms with Crippen LogP contribution in [0.3, 0.4) is 0 Å². The average molecular weight is 350 g/mol. The average Bonchev–Trinajstić information content (AvgIpc) is 2.57. The van der Waals surface area contributed by atoms with E-state index in [0.29, 0.717) is 18.5 Å². The molecule has 1 aromatic rings. The Morgan fingerprint density at radius 2 is 1.71 bits per heavy atom. The highest BCUT2D eigenvalue weighted by Gasteiger charge is 2.36. The summed E-state index contributed by atoms with van der Waals surface area (Å²) in [6.07, 6.45) is 1.36. The number of benzene rings is 1. The summed E-state index contributed by atoms with van der Waals surface area (Å²) < 4.78 is 2.71. The predicted octanol–water partition coefficient (Wildman–Crippen LogP) is 3.20. The summed E-state index contributed by atoms with van der Waals surface area (Å²) >= 11 is 1.23. The van der Waals surface area contributed by atoms with Gasteiger partial charge >= 0.3 is 0 Å². The lowest BCUT2D eigenvalue weighted by atomic mass is 9.69. The Labute approximate surface area is 148 Å². The van der Waals surface area contributed by atoms with E-state index in [0.717, 1.165) is 11.2 Å². The molecule has 0 fully saturated rings. The highest BCUT2D eigenvalue weighted by Crippen LogP contribution is 2.35. The summed E-state index contributed by atoms with van der Waals surface area (Å²) in [6.45, 7) is 9.83. The van der Waals surface area contributed by atoms with E-state index in [4.69, 9.17) is 0 Å². The lowest BCUT2D eigenvalue weighted by molar-refractivity contribution is -0.120. The van der Waals surface area contributed by atoms with Crippen LogP contribution in [0, 0.1) is 10.8 Å². The zero-order valence-corrected chi connectivity index (χ0v) is 15.8. The summed E-state index contributed by atoms with van der Waals surface area (Å²) in [5.41, 5.74) is -0.344. The molecule has 0 unspecified atom stereocenters. The number of aldehydes is 1.